The highest BCUT2D eigenvalue weighted by atomic mass is 16.5. The fraction of sp³-hybridized carbons (Fsp3) is 0.786. The number of ether oxygens (including phenoxy) is 1. The Balaban J connectivity index is 3.52. The second-order valence-corrected chi connectivity index (χ2v) is 4.61. The molecule has 94 valence electrons. The van der Waals surface area contributed by atoms with Gasteiger partial charge in [-0.15, -0.1) is 0 Å². The quantitative estimate of drug-likeness (QED) is 0.338. The molecule has 2 nitrogen and oxygen atoms in total. The van der Waals surface area contributed by atoms with Gasteiger partial charge in [0.15, 0.2) is 0 Å². The van der Waals surface area contributed by atoms with Crippen LogP contribution in [0.4, 0.5) is 0 Å². The predicted molar refractivity (Wildman–Crippen MR) is 68.2 cm³/mol. The average molecular weight is 226 g/mol. The van der Waals surface area contributed by atoms with Crippen LogP contribution in [0.3, 0.4) is 0 Å². The van der Waals surface area contributed by atoms with E-state index in [1.165, 1.54) is 25.3 Å². The van der Waals surface area contributed by atoms with Gasteiger partial charge in [-0.3, -0.25) is 0 Å². The highest BCUT2D eigenvalue weighted by Gasteiger charge is 2.11. The van der Waals surface area contributed by atoms with Crippen LogP contribution in [0.1, 0.15) is 52.9 Å². The lowest BCUT2D eigenvalue weighted by Gasteiger charge is -2.19. The van der Waals surface area contributed by atoms with Gasteiger partial charge in [0.05, 0.1) is 6.61 Å². The maximum atomic E-state index is 10.8. The smallest absolute Gasteiger partial charge is 0.330 e. The molecule has 0 bridgehead atoms. The van der Waals surface area contributed by atoms with Gasteiger partial charge in [0, 0.05) is 6.08 Å². The topological polar surface area (TPSA) is 26.3 Å². The summed E-state index contributed by atoms with van der Waals surface area (Å²) in [7, 11) is 0. The Bertz CT molecular complexity index is 199. The summed E-state index contributed by atoms with van der Waals surface area (Å²) in [6.07, 6.45) is 7.20. The molecule has 0 rings (SSSR count). The molecule has 0 saturated carbocycles. The number of hydrogen-bond acceptors (Lipinski definition) is 2. The second kappa shape index (κ2) is 9.44. The Kier molecular flexibility index (Phi) is 8.97. The molecule has 0 N–H and O–H groups in total. The summed E-state index contributed by atoms with van der Waals surface area (Å²) in [5.74, 6) is 1.18. The average Bonchev–Trinajstić information content (AvgIpc) is 2.30. The van der Waals surface area contributed by atoms with Crippen molar-refractivity contribution in [3.63, 3.8) is 0 Å². The van der Waals surface area contributed by atoms with Gasteiger partial charge in [-0.2, -0.15) is 0 Å². The van der Waals surface area contributed by atoms with Gasteiger partial charge in [-0.1, -0.05) is 46.6 Å². The molecular formula is C14H26O2. The maximum Gasteiger partial charge on any atom is 0.330 e. The molecule has 0 aromatic heterocycles. The third-order valence-electron chi connectivity index (χ3n) is 3.20. The van der Waals surface area contributed by atoms with Gasteiger partial charge in [0.2, 0.25) is 0 Å². The summed E-state index contributed by atoms with van der Waals surface area (Å²) in [4.78, 5) is 10.8. The lowest BCUT2D eigenvalue weighted by molar-refractivity contribution is -0.137. The molecule has 0 saturated heterocycles. The van der Waals surface area contributed by atoms with Gasteiger partial charge in [-0.05, 0) is 24.7 Å². The van der Waals surface area contributed by atoms with E-state index in [9.17, 15) is 4.79 Å². The summed E-state index contributed by atoms with van der Waals surface area (Å²) < 4.78 is 4.95. The zero-order valence-electron chi connectivity index (χ0n) is 11.0. The molecule has 0 amide bonds. The van der Waals surface area contributed by atoms with Crippen LogP contribution in [-0.4, -0.2) is 12.6 Å². The van der Waals surface area contributed by atoms with Crippen molar-refractivity contribution in [1.29, 1.82) is 0 Å². The van der Waals surface area contributed by atoms with Crippen molar-refractivity contribution < 1.29 is 9.53 Å². The van der Waals surface area contributed by atoms with E-state index in [0.717, 1.165) is 18.8 Å². The first-order valence-corrected chi connectivity index (χ1v) is 6.41. The lowest BCUT2D eigenvalue weighted by Crippen LogP contribution is -2.10. The van der Waals surface area contributed by atoms with Crippen molar-refractivity contribution in [1.82, 2.24) is 0 Å². The molecule has 2 unspecified atom stereocenters. The van der Waals surface area contributed by atoms with E-state index in [1.54, 1.807) is 0 Å². The molecule has 0 heterocycles. The minimum atomic E-state index is -0.313. The van der Waals surface area contributed by atoms with Gasteiger partial charge < -0.3 is 4.74 Å². The number of esters is 1. The van der Waals surface area contributed by atoms with Crippen LogP contribution >= 0.6 is 0 Å². The third kappa shape index (κ3) is 7.49. The minimum Gasteiger partial charge on any atom is -0.463 e. The summed E-state index contributed by atoms with van der Waals surface area (Å²) in [5.41, 5.74) is 0. The number of carbonyl (C=O) groups is 1. The maximum absolute atomic E-state index is 10.8. The molecule has 16 heavy (non-hydrogen) atoms. The van der Waals surface area contributed by atoms with Crippen LogP contribution in [-0.2, 0) is 9.53 Å². The normalized spacial score (nSPS) is 14.2. The van der Waals surface area contributed by atoms with Crippen molar-refractivity contribution in [3.05, 3.63) is 12.7 Å². The van der Waals surface area contributed by atoms with E-state index in [2.05, 4.69) is 27.4 Å². The zero-order valence-corrected chi connectivity index (χ0v) is 11.0. The Hall–Kier alpha value is -0.790. The molecule has 0 aromatic rings. The van der Waals surface area contributed by atoms with Crippen molar-refractivity contribution in [3.8, 4) is 0 Å². The van der Waals surface area contributed by atoms with Crippen molar-refractivity contribution >= 4 is 5.97 Å². The minimum absolute atomic E-state index is 0.313. The monoisotopic (exact) mass is 226 g/mol. The molecule has 0 fully saturated rings. The molecule has 0 aromatic carbocycles. The molecule has 2 atom stereocenters. The zero-order chi connectivity index (χ0) is 12.4. The van der Waals surface area contributed by atoms with Crippen LogP contribution in [0.15, 0.2) is 12.7 Å². The summed E-state index contributed by atoms with van der Waals surface area (Å²) in [6.45, 7) is 10.7. The van der Waals surface area contributed by atoms with Crippen LogP contribution in [0.2, 0.25) is 0 Å². The first-order valence-electron chi connectivity index (χ1n) is 6.41. The van der Waals surface area contributed by atoms with E-state index in [-0.39, 0.29) is 5.97 Å². The Morgan fingerprint density at radius 2 is 1.81 bits per heavy atom. The molecule has 0 spiro atoms. The van der Waals surface area contributed by atoms with Crippen LogP contribution in [0.25, 0.3) is 0 Å². The summed E-state index contributed by atoms with van der Waals surface area (Å²) >= 11 is 0. The van der Waals surface area contributed by atoms with Crippen molar-refractivity contribution in [2.45, 2.75) is 52.9 Å². The number of carbonyl (C=O) groups excluding carboxylic acids is 1. The lowest BCUT2D eigenvalue weighted by atomic mass is 9.88. The van der Waals surface area contributed by atoms with Crippen LogP contribution < -0.4 is 0 Å². The number of rotatable bonds is 9. The Morgan fingerprint density at radius 1 is 1.25 bits per heavy atom. The highest BCUT2D eigenvalue weighted by Crippen LogP contribution is 2.21. The SMILES string of the molecule is C=CC(=O)OCCCC(C)C(C)CCCC. The molecule has 2 heteroatoms. The second-order valence-electron chi connectivity index (χ2n) is 4.61. The molecule has 0 radical (unpaired) electrons. The molecule has 0 aliphatic carbocycles. The van der Waals surface area contributed by atoms with E-state index in [1.807, 2.05) is 0 Å². The fourth-order valence-electron chi connectivity index (χ4n) is 1.73. The Morgan fingerprint density at radius 3 is 2.31 bits per heavy atom. The van der Waals surface area contributed by atoms with E-state index in [4.69, 9.17) is 4.74 Å². The predicted octanol–water partition coefficient (Wildman–Crippen LogP) is 3.96. The molecule has 0 aliphatic rings. The highest BCUT2D eigenvalue weighted by molar-refractivity contribution is 5.81. The molecular weight excluding hydrogens is 200 g/mol. The van der Waals surface area contributed by atoms with E-state index < -0.39 is 0 Å². The first kappa shape index (κ1) is 15.2. The largest absolute Gasteiger partial charge is 0.463 e. The fourth-order valence-corrected chi connectivity index (χ4v) is 1.73. The van der Waals surface area contributed by atoms with Crippen LogP contribution in [0, 0.1) is 11.8 Å². The van der Waals surface area contributed by atoms with Gasteiger partial charge in [0.1, 0.15) is 0 Å². The molecule has 0 aliphatic heterocycles. The summed E-state index contributed by atoms with van der Waals surface area (Å²) in [6, 6.07) is 0. The van der Waals surface area contributed by atoms with Crippen molar-refractivity contribution in [2.24, 2.45) is 11.8 Å². The van der Waals surface area contributed by atoms with E-state index >= 15 is 0 Å². The van der Waals surface area contributed by atoms with E-state index in [0.29, 0.717) is 12.5 Å². The number of unbranched alkanes of at least 4 members (excludes halogenated alkanes) is 1. The van der Waals surface area contributed by atoms with Gasteiger partial charge in [-0.25, -0.2) is 4.79 Å². The number of hydrogen-bond donors (Lipinski definition) is 0. The van der Waals surface area contributed by atoms with Gasteiger partial charge >= 0.3 is 5.97 Å². The third-order valence-corrected chi connectivity index (χ3v) is 3.20. The summed E-state index contributed by atoms with van der Waals surface area (Å²) in [5, 5.41) is 0. The van der Waals surface area contributed by atoms with Crippen LogP contribution in [0.5, 0.6) is 0 Å². The Labute approximate surface area is 100 Å². The standard InChI is InChI=1S/C14H26O2/c1-5-7-9-12(3)13(4)10-8-11-16-14(15)6-2/h6,12-13H,2,5,7-11H2,1,3-4H3. The van der Waals surface area contributed by atoms with Crippen molar-refractivity contribution in [2.75, 3.05) is 6.61 Å². The van der Waals surface area contributed by atoms with Gasteiger partial charge in [0.25, 0.3) is 0 Å². The first-order chi connectivity index (χ1) is 7.61.